The summed E-state index contributed by atoms with van der Waals surface area (Å²) < 4.78 is 2.05. The van der Waals surface area contributed by atoms with Crippen LogP contribution in [0.4, 0.5) is 0 Å². The molecule has 0 atom stereocenters. The highest BCUT2D eigenvalue weighted by Crippen LogP contribution is 2.30. The molecule has 2 aromatic heterocycles. The topological polar surface area (TPSA) is 79.0 Å². The Bertz CT molecular complexity index is 1200. The van der Waals surface area contributed by atoms with Crippen molar-refractivity contribution in [1.82, 2.24) is 14.5 Å². The predicted octanol–water partition coefficient (Wildman–Crippen LogP) is 4.40. The molecule has 0 N–H and O–H groups in total. The molecule has 3 aromatic rings. The zero-order valence-electron chi connectivity index (χ0n) is 18.7. The van der Waals surface area contributed by atoms with Gasteiger partial charge in [-0.15, -0.1) is 0 Å². The van der Waals surface area contributed by atoms with Crippen LogP contribution in [0.1, 0.15) is 59.8 Å². The smallest absolute Gasteiger partial charge is 0.180 e. The Kier molecular flexibility index (Phi) is 6.48. The van der Waals surface area contributed by atoms with Gasteiger partial charge in [0.25, 0.3) is 0 Å². The van der Waals surface area contributed by atoms with Crippen molar-refractivity contribution in [3.63, 3.8) is 0 Å². The molecule has 0 saturated carbocycles. The first kappa shape index (κ1) is 21.9. The summed E-state index contributed by atoms with van der Waals surface area (Å²) in [5.74, 6) is 0.229. The molecular formula is C26H28N4O2. The summed E-state index contributed by atoms with van der Waals surface area (Å²) in [6.45, 7) is 5.87. The average Bonchev–Trinajstić information content (AvgIpc) is 3.09. The number of benzene rings is 1. The van der Waals surface area contributed by atoms with Gasteiger partial charge < -0.3 is 9.36 Å². The third kappa shape index (κ3) is 4.49. The number of nitriles is 1. The summed E-state index contributed by atoms with van der Waals surface area (Å²) in [6.07, 6.45) is 6.36. The number of aryl methyl sites for hydroxylation is 1. The lowest BCUT2D eigenvalue weighted by Gasteiger charge is -2.25. The molecule has 1 saturated heterocycles. The van der Waals surface area contributed by atoms with Crippen LogP contribution in [0.2, 0.25) is 0 Å². The van der Waals surface area contributed by atoms with E-state index in [9.17, 15) is 9.59 Å². The molecule has 0 bridgehead atoms. The van der Waals surface area contributed by atoms with E-state index in [4.69, 9.17) is 10.2 Å². The van der Waals surface area contributed by atoms with Crippen molar-refractivity contribution >= 4 is 22.6 Å². The van der Waals surface area contributed by atoms with Gasteiger partial charge in [-0.05, 0) is 82.1 Å². The summed E-state index contributed by atoms with van der Waals surface area (Å²) in [5, 5.41) is 9.15. The normalized spacial score (nSPS) is 14.4. The molecule has 0 radical (unpaired) electrons. The first-order valence-electron chi connectivity index (χ1n) is 11.2. The Hall–Kier alpha value is -3.30. The summed E-state index contributed by atoms with van der Waals surface area (Å²) in [6, 6.07) is 11.5. The van der Waals surface area contributed by atoms with Crippen molar-refractivity contribution in [2.75, 3.05) is 19.6 Å². The number of hydrogen-bond acceptors (Lipinski definition) is 5. The number of fused-ring (bicyclic) bond motifs is 1. The van der Waals surface area contributed by atoms with Gasteiger partial charge in [-0.3, -0.25) is 14.7 Å². The largest absolute Gasteiger partial charge is 0.312 e. The minimum Gasteiger partial charge on any atom is -0.312 e. The van der Waals surface area contributed by atoms with Gasteiger partial charge in [-0.25, -0.2) is 0 Å². The molecule has 4 rings (SSSR count). The molecule has 3 heterocycles. The fraction of sp³-hybridized carbons (Fsp3) is 0.385. The van der Waals surface area contributed by atoms with Gasteiger partial charge in [-0.1, -0.05) is 6.42 Å². The second-order valence-electron chi connectivity index (χ2n) is 8.63. The highest BCUT2D eigenvalue weighted by atomic mass is 16.1. The van der Waals surface area contributed by atoms with E-state index in [0.29, 0.717) is 36.0 Å². The van der Waals surface area contributed by atoms with E-state index in [1.54, 1.807) is 25.3 Å². The van der Waals surface area contributed by atoms with Gasteiger partial charge in [-0.2, -0.15) is 5.26 Å². The number of pyridine rings is 1. The number of Topliss-reactive ketones (excluding diaryl/α,β-unsaturated/α-hetero) is 2. The van der Waals surface area contributed by atoms with Crippen molar-refractivity contribution in [3.8, 4) is 11.8 Å². The Morgan fingerprint density at radius 2 is 1.84 bits per heavy atom. The van der Waals surface area contributed by atoms with Crippen LogP contribution in [0.3, 0.4) is 0 Å². The molecule has 1 aromatic carbocycles. The van der Waals surface area contributed by atoms with Crippen molar-refractivity contribution in [2.45, 2.75) is 46.0 Å². The molecule has 1 aliphatic heterocycles. The maximum Gasteiger partial charge on any atom is 0.180 e. The van der Waals surface area contributed by atoms with Crippen LogP contribution in [0, 0.1) is 18.3 Å². The van der Waals surface area contributed by atoms with E-state index in [0.717, 1.165) is 48.4 Å². The monoisotopic (exact) mass is 428 g/mol. The van der Waals surface area contributed by atoms with Gasteiger partial charge in [0, 0.05) is 24.0 Å². The predicted molar refractivity (Wildman–Crippen MR) is 124 cm³/mol. The van der Waals surface area contributed by atoms with Gasteiger partial charge in [0.15, 0.2) is 5.78 Å². The Morgan fingerprint density at radius 3 is 2.50 bits per heavy atom. The Labute approximate surface area is 188 Å². The fourth-order valence-electron chi connectivity index (χ4n) is 4.53. The standard InChI is InChI=1S/C26H28N4O2/c1-18(31)6-7-21-14-23-26(28-16-21)25(24(32)17-29-12-4-3-5-13-29)19(2)30(23)22-10-8-20(15-27)9-11-22/h8-11,14,16H,3-7,12-13,17H2,1-2H3. The molecule has 0 unspecified atom stereocenters. The Balaban J connectivity index is 1.80. The second kappa shape index (κ2) is 9.46. The molecule has 0 amide bonds. The van der Waals surface area contributed by atoms with Crippen molar-refractivity contribution in [2.24, 2.45) is 0 Å². The summed E-state index contributed by atoms with van der Waals surface area (Å²) in [4.78, 5) is 31.8. The SMILES string of the molecule is CC(=O)CCc1cnc2c(C(=O)CN3CCCCC3)c(C)n(-c3ccc(C#N)cc3)c2c1. The van der Waals surface area contributed by atoms with E-state index >= 15 is 0 Å². The fourth-order valence-corrected chi connectivity index (χ4v) is 4.53. The van der Waals surface area contributed by atoms with Crippen LogP contribution in [0.5, 0.6) is 0 Å². The number of rotatable bonds is 7. The van der Waals surface area contributed by atoms with E-state index in [1.165, 1.54) is 6.42 Å². The number of carbonyl (C=O) groups excluding carboxylic acids is 2. The average molecular weight is 429 g/mol. The Morgan fingerprint density at radius 1 is 1.12 bits per heavy atom. The molecule has 0 aliphatic carbocycles. The van der Waals surface area contributed by atoms with Crippen LogP contribution in [0.15, 0.2) is 36.5 Å². The number of nitrogens with zero attached hydrogens (tertiary/aromatic N) is 4. The molecule has 6 nitrogen and oxygen atoms in total. The third-order valence-electron chi connectivity index (χ3n) is 6.21. The lowest BCUT2D eigenvalue weighted by atomic mass is 10.1. The summed E-state index contributed by atoms with van der Waals surface area (Å²) in [7, 11) is 0. The lowest BCUT2D eigenvalue weighted by Crippen LogP contribution is -2.34. The van der Waals surface area contributed by atoms with Crippen molar-refractivity contribution < 1.29 is 9.59 Å². The quantitative estimate of drug-likeness (QED) is 0.521. The molecule has 6 heteroatoms. The molecule has 1 aliphatic rings. The highest BCUT2D eigenvalue weighted by molar-refractivity contribution is 6.09. The maximum absolute atomic E-state index is 13.4. The zero-order chi connectivity index (χ0) is 22.7. The van der Waals surface area contributed by atoms with E-state index in [2.05, 4.69) is 11.0 Å². The van der Waals surface area contributed by atoms with Gasteiger partial charge in [0.05, 0.1) is 34.8 Å². The maximum atomic E-state index is 13.4. The number of hydrogen-bond donors (Lipinski definition) is 0. The molecule has 0 spiro atoms. The number of ketones is 2. The summed E-state index contributed by atoms with van der Waals surface area (Å²) >= 11 is 0. The van der Waals surface area contributed by atoms with Crippen LogP contribution < -0.4 is 0 Å². The van der Waals surface area contributed by atoms with E-state index in [1.807, 2.05) is 29.7 Å². The number of piperidine rings is 1. The van der Waals surface area contributed by atoms with Crippen LogP contribution in [0.25, 0.3) is 16.7 Å². The van der Waals surface area contributed by atoms with E-state index in [-0.39, 0.29) is 11.6 Å². The molecule has 32 heavy (non-hydrogen) atoms. The van der Waals surface area contributed by atoms with Crippen LogP contribution >= 0.6 is 0 Å². The first-order valence-corrected chi connectivity index (χ1v) is 11.2. The lowest BCUT2D eigenvalue weighted by molar-refractivity contribution is -0.116. The van der Waals surface area contributed by atoms with Gasteiger partial charge in [0.2, 0.25) is 0 Å². The minimum absolute atomic E-state index is 0.0887. The zero-order valence-corrected chi connectivity index (χ0v) is 18.7. The molecule has 1 fully saturated rings. The third-order valence-corrected chi connectivity index (χ3v) is 6.21. The molecular weight excluding hydrogens is 400 g/mol. The van der Waals surface area contributed by atoms with Gasteiger partial charge >= 0.3 is 0 Å². The van der Waals surface area contributed by atoms with Crippen LogP contribution in [-0.2, 0) is 11.2 Å². The molecule has 164 valence electrons. The van der Waals surface area contributed by atoms with E-state index < -0.39 is 0 Å². The minimum atomic E-state index is 0.0887. The second-order valence-corrected chi connectivity index (χ2v) is 8.63. The summed E-state index contributed by atoms with van der Waals surface area (Å²) in [5.41, 5.74) is 5.50. The van der Waals surface area contributed by atoms with Crippen molar-refractivity contribution in [1.29, 1.82) is 5.26 Å². The number of likely N-dealkylation sites (tertiary alicyclic amines) is 1. The first-order chi connectivity index (χ1) is 15.5. The highest BCUT2D eigenvalue weighted by Gasteiger charge is 2.24. The van der Waals surface area contributed by atoms with Crippen molar-refractivity contribution in [3.05, 3.63) is 58.9 Å². The van der Waals surface area contributed by atoms with Gasteiger partial charge in [0.1, 0.15) is 5.78 Å². The number of carbonyl (C=O) groups is 2. The number of aromatic nitrogens is 2. The van der Waals surface area contributed by atoms with Crippen LogP contribution in [-0.4, -0.2) is 45.7 Å².